The van der Waals surface area contributed by atoms with Crippen molar-refractivity contribution in [3.63, 3.8) is 0 Å². The van der Waals surface area contributed by atoms with Gasteiger partial charge in [0.25, 0.3) is 0 Å². The van der Waals surface area contributed by atoms with Gasteiger partial charge in [-0.2, -0.15) is 0 Å². The van der Waals surface area contributed by atoms with Crippen LogP contribution in [0, 0.1) is 20.8 Å². The second-order valence-electron chi connectivity index (χ2n) is 8.17. The molecule has 0 spiro atoms. The van der Waals surface area contributed by atoms with Gasteiger partial charge in [0.15, 0.2) is 5.11 Å². The molecule has 1 saturated heterocycles. The van der Waals surface area contributed by atoms with Gasteiger partial charge in [0.2, 0.25) is 0 Å². The molecule has 2 aromatic heterocycles. The van der Waals surface area contributed by atoms with E-state index < -0.39 is 0 Å². The molecular weight excluding hydrogens is 456 g/mol. The minimum absolute atomic E-state index is 0.129. The number of aromatic nitrogens is 2. The van der Waals surface area contributed by atoms with Crippen molar-refractivity contribution in [1.29, 1.82) is 0 Å². The predicted octanol–water partition coefficient (Wildman–Crippen LogP) is 4.99. The van der Waals surface area contributed by atoms with Crippen LogP contribution in [0.1, 0.15) is 46.7 Å². The first kappa shape index (κ1) is 23.3. The number of methoxy groups -OCH3 is 1. The van der Waals surface area contributed by atoms with E-state index in [1.807, 2.05) is 36.4 Å². The van der Waals surface area contributed by atoms with Gasteiger partial charge in [0.1, 0.15) is 0 Å². The van der Waals surface area contributed by atoms with Gasteiger partial charge in [-0.1, -0.05) is 23.7 Å². The van der Waals surface area contributed by atoms with Crippen LogP contribution in [0.3, 0.4) is 0 Å². The first-order valence-electron chi connectivity index (χ1n) is 10.8. The topological polar surface area (TPSA) is 59.4 Å². The summed E-state index contributed by atoms with van der Waals surface area (Å²) < 4.78 is 7.11. The first-order chi connectivity index (χ1) is 15.8. The highest BCUT2D eigenvalue weighted by molar-refractivity contribution is 7.80. The number of halogens is 1. The lowest BCUT2D eigenvalue weighted by molar-refractivity contribution is -0.140. The zero-order chi connectivity index (χ0) is 23.7. The van der Waals surface area contributed by atoms with Crippen molar-refractivity contribution in [3.05, 3.63) is 81.9 Å². The molecule has 0 bridgehead atoms. The Morgan fingerprint density at radius 3 is 2.64 bits per heavy atom. The molecule has 1 aliphatic rings. The van der Waals surface area contributed by atoms with E-state index in [9.17, 15) is 4.79 Å². The molecule has 0 radical (unpaired) electrons. The summed E-state index contributed by atoms with van der Waals surface area (Å²) in [5, 5.41) is 4.75. The van der Waals surface area contributed by atoms with Crippen LogP contribution in [0.25, 0.3) is 5.69 Å². The lowest BCUT2D eigenvalue weighted by Crippen LogP contribution is -2.32. The zero-order valence-corrected chi connectivity index (χ0v) is 20.7. The van der Waals surface area contributed by atoms with Crippen LogP contribution in [-0.4, -0.2) is 39.2 Å². The number of nitrogens with zero attached hydrogens (tertiary/aromatic N) is 3. The summed E-state index contributed by atoms with van der Waals surface area (Å²) in [5.74, 6) is -0.265. The Morgan fingerprint density at radius 2 is 1.97 bits per heavy atom. The number of hydrogen-bond donors (Lipinski definition) is 1. The van der Waals surface area contributed by atoms with Gasteiger partial charge in [-0.15, -0.1) is 0 Å². The maximum absolute atomic E-state index is 11.9. The number of rotatable bonds is 6. The number of ether oxygens (including phenoxy) is 1. The second kappa shape index (κ2) is 9.53. The number of benzene rings is 1. The van der Waals surface area contributed by atoms with Crippen molar-refractivity contribution >= 4 is 34.9 Å². The van der Waals surface area contributed by atoms with Crippen LogP contribution in [0.2, 0.25) is 5.02 Å². The SMILES string of the molecule is COC(=O)CCN1C(=S)N[C@H](c2ccccn2)[C@H]1c1c(C)c(C)n(-c2cccc(Cl)c2)c1C. The average molecular weight is 483 g/mol. The van der Waals surface area contributed by atoms with E-state index in [1.165, 1.54) is 18.2 Å². The molecule has 0 saturated carbocycles. The van der Waals surface area contributed by atoms with Crippen LogP contribution in [-0.2, 0) is 9.53 Å². The van der Waals surface area contributed by atoms with Gasteiger partial charge in [-0.3, -0.25) is 9.78 Å². The predicted molar refractivity (Wildman–Crippen MR) is 134 cm³/mol. The summed E-state index contributed by atoms with van der Waals surface area (Å²) >= 11 is 12.0. The number of thiocarbonyl (C=S) groups is 1. The summed E-state index contributed by atoms with van der Waals surface area (Å²) in [4.78, 5) is 18.6. The van der Waals surface area contributed by atoms with Crippen molar-refractivity contribution < 1.29 is 9.53 Å². The van der Waals surface area contributed by atoms with E-state index in [1.54, 1.807) is 6.20 Å². The maximum Gasteiger partial charge on any atom is 0.307 e. The highest BCUT2D eigenvalue weighted by Gasteiger charge is 2.42. The standard InChI is InChI=1S/C25H27ClN4O2S/c1-15-16(2)30(19-9-7-8-18(26)14-19)17(3)22(15)24-23(20-10-5-6-12-27-20)28-25(33)29(24)13-11-21(31)32-4/h5-10,12,14,23-24H,11,13H2,1-4H3,(H,28,33)/t23-,24-/m1/s1. The zero-order valence-electron chi connectivity index (χ0n) is 19.1. The fourth-order valence-corrected chi connectivity index (χ4v) is 5.23. The number of carbonyl (C=O) groups is 1. The summed E-state index contributed by atoms with van der Waals surface area (Å²) in [6, 6.07) is 13.4. The lowest BCUT2D eigenvalue weighted by atomic mass is 9.93. The molecular formula is C25H27ClN4O2S. The molecule has 8 heteroatoms. The summed E-state index contributed by atoms with van der Waals surface area (Å²) in [6.45, 7) is 6.81. The number of nitrogens with one attached hydrogen (secondary N) is 1. The third kappa shape index (κ3) is 4.35. The van der Waals surface area contributed by atoms with Crippen LogP contribution in [0.4, 0.5) is 0 Å². The third-order valence-corrected chi connectivity index (χ3v) is 6.94. The van der Waals surface area contributed by atoms with Gasteiger partial charge >= 0.3 is 5.97 Å². The molecule has 172 valence electrons. The number of hydrogen-bond acceptors (Lipinski definition) is 4. The first-order valence-corrected chi connectivity index (χ1v) is 11.6. The fourth-order valence-electron chi connectivity index (χ4n) is 4.72. The van der Waals surface area contributed by atoms with E-state index >= 15 is 0 Å². The van der Waals surface area contributed by atoms with Crippen LogP contribution in [0.5, 0.6) is 0 Å². The molecule has 3 aromatic rings. The molecule has 1 fully saturated rings. The van der Waals surface area contributed by atoms with Crippen molar-refractivity contribution in [2.45, 2.75) is 39.3 Å². The van der Waals surface area contributed by atoms with Crippen molar-refractivity contribution in [3.8, 4) is 5.69 Å². The van der Waals surface area contributed by atoms with Crippen LogP contribution in [0.15, 0.2) is 48.7 Å². The molecule has 1 aliphatic heterocycles. The molecule has 3 heterocycles. The molecule has 33 heavy (non-hydrogen) atoms. The van der Waals surface area contributed by atoms with Gasteiger partial charge < -0.3 is 19.5 Å². The molecule has 0 unspecified atom stereocenters. The summed E-state index contributed by atoms with van der Waals surface area (Å²) in [5.41, 5.74) is 6.49. The molecule has 4 rings (SSSR count). The minimum Gasteiger partial charge on any atom is -0.469 e. The smallest absolute Gasteiger partial charge is 0.307 e. The Labute approximate surface area is 204 Å². The van der Waals surface area contributed by atoms with Gasteiger partial charge in [0, 0.05) is 40.4 Å². The summed E-state index contributed by atoms with van der Waals surface area (Å²) in [7, 11) is 1.40. The Bertz CT molecular complexity index is 1190. The number of esters is 1. The highest BCUT2D eigenvalue weighted by Crippen LogP contribution is 2.43. The molecule has 1 aromatic carbocycles. The Kier molecular flexibility index (Phi) is 6.72. The van der Waals surface area contributed by atoms with E-state index in [0.29, 0.717) is 16.7 Å². The fraction of sp³-hybridized carbons (Fsp3) is 0.320. The number of carbonyl (C=O) groups excluding carboxylic acids is 1. The van der Waals surface area contributed by atoms with Crippen molar-refractivity contribution in [2.75, 3.05) is 13.7 Å². The third-order valence-electron chi connectivity index (χ3n) is 6.35. The monoisotopic (exact) mass is 482 g/mol. The van der Waals surface area contributed by atoms with E-state index in [4.69, 9.17) is 28.6 Å². The molecule has 6 nitrogen and oxygen atoms in total. The van der Waals surface area contributed by atoms with Crippen molar-refractivity contribution in [1.82, 2.24) is 19.8 Å². The minimum atomic E-state index is -0.265. The Morgan fingerprint density at radius 1 is 1.18 bits per heavy atom. The maximum atomic E-state index is 11.9. The molecule has 0 amide bonds. The van der Waals surface area contributed by atoms with Crippen LogP contribution >= 0.6 is 23.8 Å². The van der Waals surface area contributed by atoms with Gasteiger partial charge in [-0.25, -0.2) is 0 Å². The van der Waals surface area contributed by atoms with E-state index in [2.05, 4.69) is 46.6 Å². The van der Waals surface area contributed by atoms with Gasteiger partial charge in [-0.05, 0) is 68.9 Å². The average Bonchev–Trinajstić information content (AvgIpc) is 3.24. The van der Waals surface area contributed by atoms with Gasteiger partial charge in [0.05, 0.1) is 31.3 Å². The van der Waals surface area contributed by atoms with Crippen molar-refractivity contribution in [2.24, 2.45) is 0 Å². The van der Waals surface area contributed by atoms with E-state index in [0.717, 1.165) is 22.8 Å². The molecule has 2 atom stereocenters. The molecule has 0 aliphatic carbocycles. The largest absolute Gasteiger partial charge is 0.469 e. The summed E-state index contributed by atoms with van der Waals surface area (Å²) in [6.07, 6.45) is 2.03. The number of pyridine rings is 1. The highest BCUT2D eigenvalue weighted by atomic mass is 35.5. The van der Waals surface area contributed by atoms with E-state index in [-0.39, 0.29) is 24.5 Å². The molecule has 1 N–H and O–H groups in total. The Balaban J connectivity index is 1.85. The van der Waals surface area contributed by atoms with Crippen LogP contribution < -0.4 is 5.32 Å². The quantitative estimate of drug-likeness (QED) is 0.394. The Hall–Kier alpha value is -2.90. The second-order valence-corrected chi connectivity index (χ2v) is 8.99. The normalized spacial score (nSPS) is 17.8. The lowest BCUT2D eigenvalue weighted by Gasteiger charge is -2.28.